The van der Waals surface area contributed by atoms with E-state index in [2.05, 4.69) is 20.6 Å². The second-order valence-corrected chi connectivity index (χ2v) is 3.98. The van der Waals surface area contributed by atoms with Crippen LogP contribution in [0.25, 0.3) is 0 Å². The molecule has 0 aromatic carbocycles. The fraction of sp³-hybridized carbons (Fsp3) is 0.778. The molecule has 2 rings (SSSR count). The topological polar surface area (TPSA) is 79.6 Å². The van der Waals surface area contributed by atoms with Crippen LogP contribution in [0.15, 0.2) is 6.33 Å². The number of nitrogens with two attached hydrogens (primary N) is 1. The van der Waals surface area contributed by atoms with E-state index in [0.29, 0.717) is 0 Å². The van der Waals surface area contributed by atoms with E-state index in [9.17, 15) is 0 Å². The molecule has 14 heavy (non-hydrogen) atoms. The maximum absolute atomic E-state index is 5.50. The molecular weight excluding hydrogens is 178 g/mol. The van der Waals surface area contributed by atoms with E-state index >= 15 is 0 Å². The number of rotatable bonds is 4. The molecule has 1 fully saturated rings. The Kier molecular flexibility index (Phi) is 3.10. The Morgan fingerprint density at radius 3 is 2.93 bits per heavy atom. The molecule has 1 unspecified atom stereocenters. The molecule has 1 aromatic rings. The molecule has 78 valence electrons. The number of hydrogen-bond acceptors (Lipinski definition) is 4. The van der Waals surface area contributed by atoms with Crippen molar-refractivity contribution in [2.75, 3.05) is 0 Å². The van der Waals surface area contributed by atoms with Crippen LogP contribution in [0, 0.1) is 5.92 Å². The van der Waals surface area contributed by atoms with Gasteiger partial charge in [0.1, 0.15) is 12.2 Å². The van der Waals surface area contributed by atoms with Crippen LogP contribution in [-0.2, 0) is 0 Å². The highest BCUT2D eigenvalue weighted by molar-refractivity contribution is 4.91. The van der Waals surface area contributed by atoms with Crippen molar-refractivity contribution in [3.8, 4) is 0 Å². The molecule has 0 aliphatic heterocycles. The van der Waals surface area contributed by atoms with Gasteiger partial charge in [0.15, 0.2) is 0 Å². The van der Waals surface area contributed by atoms with Crippen molar-refractivity contribution in [3.63, 3.8) is 0 Å². The minimum Gasteiger partial charge on any atom is -0.271 e. The Balaban J connectivity index is 1.93. The number of nitrogens with zero attached hydrogens (tertiary/aromatic N) is 2. The summed E-state index contributed by atoms with van der Waals surface area (Å²) >= 11 is 0. The van der Waals surface area contributed by atoms with Gasteiger partial charge in [-0.05, 0) is 12.3 Å². The zero-order valence-corrected chi connectivity index (χ0v) is 8.24. The lowest BCUT2D eigenvalue weighted by Gasteiger charge is -2.16. The van der Waals surface area contributed by atoms with E-state index in [-0.39, 0.29) is 6.04 Å². The van der Waals surface area contributed by atoms with E-state index in [1.807, 2.05) is 0 Å². The molecule has 4 N–H and O–H groups in total. The summed E-state index contributed by atoms with van der Waals surface area (Å²) in [5.41, 5.74) is 2.80. The third-order valence-electron chi connectivity index (χ3n) is 3.01. The number of H-pyrrole nitrogens is 1. The lowest BCUT2D eigenvalue weighted by molar-refractivity contribution is 0.388. The van der Waals surface area contributed by atoms with Crippen LogP contribution in [0.1, 0.15) is 44.0 Å². The first kappa shape index (κ1) is 9.61. The Bertz CT molecular complexity index is 252. The van der Waals surface area contributed by atoms with Crippen LogP contribution in [0.4, 0.5) is 0 Å². The van der Waals surface area contributed by atoms with Crippen LogP contribution < -0.4 is 11.3 Å². The molecule has 1 atom stereocenters. The Hall–Kier alpha value is -0.940. The van der Waals surface area contributed by atoms with Gasteiger partial charge in [-0.25, -0.2) is 10.4 Å². The van der Waals surface area contributed by atoms with E-state index in [1.165, 1.54) is 32.0 Å². The van der Waals surface area contributed by atoms with Gasteiger partial charge in [-0.1, -0.05) is 25.7 Å². The van der Waals surface area contributed by atoms with Crippen LogP contribution in [0.2, 0.25) is 0 Å². The van der Waals surface area contributed by atoms with Gasteiger partial charge in [0.05, 0.1) is 6.04 Å². The van der Waals surface area contributed by atoms with Gasteiger partial charge in [-0.3, -0.25) is 10.9 Å². The van der Waals surface area contributed by atoms with Crippen molar-refractivity contribution in [3.05, 3.63) is 12.2 Å². The maximum atomic E-state index is 5.50. The van der Waals surface area contributed by atoms with Crippen molar-refractivity contribution < 1.29 is 0 Å². The van der Waals surface area contributed by atoms with Crippen molar-refractivity contribution in [1.29, 1.82) is 0 Å². The van der Waals surface area contributed by atoms with Gasteiger partial charge in [0, 0.05) is 0 Å². The van der Waals surface area contributed by atoms with Crippen molar-refractivity contribution in [1.82, 2.24) is 20.6 Å². The van der Waals surface area contributed by atoms with Gasteiger partial charge >= 0.3 is 0 Å². The summed E-state index contributed by atoms with van der Waals surface area (Å²) < 4.78 is 0. The van der Waals surface area contributed by atoms with E-state index in [4.69, 9.17) is 5.84 Å². The molecule has 5 heteroatoms. The number of hydrazine groups is 1. The monoisotopic (exact) mass is 195 g/mol. The largest absolute Gasteiger partial charge is 0.271 e. The standard InChI is InChI=1S/C9H17N5/c10-13-8(9-11-6-12-14-9)5-7-3-1-2-4-7/h6-8,13H,1-5,10H2,(H,11,12,14). The van der Waals surface area contributed by atoms with Crippen molar-refractivity contribution in [2.45, 2.75) is 38.1 Å². The second-order valence-electron chi connectivity index (χ2n) is 3.98. The summed E-state index contributed by atoms with van der Waals surface area (Å²) in [5.74, 6) is 7.14. The van der Waals surface area contributed by atoms with Gasteiger partial charge in [0.25, 0.3) is 0 Å². The summed E-state index contributed by atoms with van der Waals surface area (Å²) in [7, 11) is 0. The summed E-state index contributed by atoms with van der Waals surface area (Å²) in [6, 6.07) is 0.126. The SMILES string of the molecule is NNC(CC1CCCC1)c1ncn[nH]1. The van der Waals surface area contributed by atoms with E-state index in [1.54, 1.807) is 0 Å². The first-order valence-electron chi connectivity index (χ1n) is 5.21. The van der Waals surface area contributed by atoms with Crippen LogP contribution in [0.3, 0.4) is 0 Å². The van der Waals surface area contributed by atoms with Crippen LogP contribution in [0.5, 0.6) is 0 Å². The molecule has 0 amide bonds. The molecule has 1 aliphatic carbocycles. The molecule has 1 aliphatic rings. The number of nitrogens with one attached hydrogen (secondary N) is 2. The molecule has 5 nitrogen and oxygen atoms in total. The third-order valence-corrected chi connectivity index (χ3v) is 3.01. The molecule has 0 saturated heterocycles. The highest BCUT2D eigenvalue weighted by Gasteiger charge is 2.21. The Morgan fingerprint density at radius 1 is 1.57 bits per heavy atom. The highest BCUT2D eigenvalue weighted by Crippen LogP contribution is 2.31. The summed E-state index contributed by atoms with van der Waals surface area (Å²) in [5, 5.41) is 6.69. The Morgan fingerprint density at radius 2 is 2.36 bits per heavy atom. The maximum Gasteiger partial charge on any atom is 0.142 e. The zero-order chi connectivity index (χ0) is 9.80. The zero-order valence-electron chi connectivity index (χ0n) is 8.24. The highest BCUT2D eigenvalue weighted by atomic mass is 15.3. The first-order valence-corrected chi connectivity index (χ1v) is 5.21. The fourth-order valence-electron chi connectivity index (χ4n) is 2.22. The molecule has 1 heterocycles. The molecule has 1 aromatic heterocycles. The second kappa shape index (κ2) is 4.52. The molecule has 1 saturated carbocycles. The predicted molar refractivity (Wildman–Crippen MR) is 53.0 cm³/mol. The van der Waals surface area contributed by atoms with Gasteiger partial charge in [-0.2, -0.15) is 5.10 Å². The van der Waals surface area contributed by atoms with E-state index < -0.39 is 0 Å². The number of aromatic amines is 1. The van der Waals surface area contributed by atoms with Gasteiger partial charge in [0.2, 0.25) is 0 Å². The first-order chi connectivity index (χ1) is 6.90. The number of aromatic nitrogens is 3. The Labute approximate surface area is 83.5 Å². The predicted octanol–water partition coefficient (Wildman–Crippen LogP) is 0.889. The normalized spacial score (nSPS) is 20.1. The lowest BCUT2D eigenvalue weighted by atomic mass is 9.98. The summed E-state index contributed by atoms with van der Waals surface area (Å²) in [4.78, 5) is 4.12. The lowest BCUT2D eigenvalue weighted by Crippen LogP contribution is -2.30. The third kappa shape index (κ3) is 2.10. The van der Waals surface area contributed by atoms with E-state index in [0.717, 1.165) is 18.2 Å². The average molecular weight is 195 g/mol. The minimum absolute atomic E-state index is 0.126. The van der Waals surface area contributed by atoms with Crippen LogP contribution >= 0.6 is 0 Å². The van der Waals surface area contributed by atoms with Crippen molar-refractivity contribution in [2.24, 2.45) is 11.8 Å². The average Bonchev–Trinajstić information content (AvgIpc) is 2.86. The van der Waals surface area contributed by atoms with Crippen molar-refractivity contribution >= 4 is 0 Å². The quantitative estimate of drug-likeness (QED) is 0.492. The fourth-order valence-corrected chi connectivity index (χ4v) is 2.22. The van der Waals surface area contributed by atoms with Crippen LogP contribution in [-0.4, -0.2) is 15.2 Å². The number of hydrogen-bond donors (Lipinski definition) is 3. The molecule has 0 bridgehead atoms. The summed E-state index contributed by atoms with van der Waals surface area (Å²) in [6.07, 6.45) is 7.95. The molecule has 0 radical (unpaired) electrons. The molecule has 0 spiro atoms. The summed E-state index contributed by atoms with van der Waals surface area (Å²) in [6.45, 7) is 0. The van der Waals surface area contributed by atoms with Gasteiger partial charge < -0.3 is 0 Å². The van der Waals surface area contributed by atoms with Gasteiger partial charge in [-0.15, -0.1) is 0 Å². The minimum atomic E-state index is 0.126. The molecular formula is C9H17N5. The smallest absolute Gasteiger partial charge is 0.142 e.